The number of aryl methyl sites for hydroxylation is 1. The highest BCUT2D eigenvalue weighted by Crippen LogP contribution is 2.33. The number of nitrogens with zero attached hydrogens (tertiary/aromatic N) is 3. The molecule has 0 aromatic carbocycles. The summed E-state index contributed by atoms with van der Waals surface area (Å²) in [6, 6.07) is 0.174. The second-order valence-electron chi connectivity index (χ2n) is 4.46. The molecule has 1 saturated carbocycles. The van der Waals surface area contributed by atoms with E-state index in [0.717, 1.165) is 12.8 Å². The highest BCUT2D eigenvalue weighted by atomic mass is 19.1. The van der Waals surface area contributed by atoms with Crippen molar-refractivity contribution in [2.45, 2.75) is 43.8 Å². The summed E-state index contributed by atoms with van der Waals surface area (Å²) >= 11 is 0. The van der Waals surface area contributed by atoms with E-state index in [1.165, 1.54) is 6.33 Å². The van der Waals surface area contributed by atoms with Crippen LogP contribution in [0.3, 0.4) is 0 Å². The first-order valence-electron chi connectivity index (χ1n) is 5.36. The molecular weight excluding hydrogens is 195 g/mol. The number of hydrogen-bond donors (Lipinski definition) is 1. The number of hydrogen-bond acceptors (Lipinski definition) is 3. The smallest absolute Gasteiger partial charge is 0.138 e. The van der Waals surface area contributed by atoms with Crippen LogP contribution >= 0.6 is 0 Å². The Balaban J connectivity index is 2.02. The normalized spacial score (nSPS) is 31.8. The minimum Gasteiger partial charge on any atom is -0.328 e. The number of nitrogens with two attached hydrogens (primary N) is 1. The summed E-state index contributed by atoms with van der Waals surface area (Å²) in [5, 5.41) is 3.94. The van der Waals surface area contributed by atoms with Gasteiger partial charge in [-0.1, -0.05) is 0 Å². The molecule has 0 amide bonds. The van der Waals surface area contributed by atoms with Gasteiger partial charge >= 0.3 is 0 Å². The van der Waals surface area contributed by atoms with Gasteiger partial charge < -0.3 is 5.73 Å². The molecular formula is C10H17FN4. The highest BCUT2D eigenvalue weighted by Gasteiger charge is 2.35. The van der Waals surface area contributed by atoms with Gasteiger partial charge in [0.05, 0.1) is 0 Å². The van der Waals surface area contributed by atoms with Crippen molar-refractivity contribution < 1.29 is 4.39 Å². The Morgan fingerprint density at radius 2 is 2.27 bits per heavy atom. The molecule has 1 aliphatic rings. The molecule has 0 unspecified atom stereocenters. The molecule has 0 radical (unpaired) electrons. The van der Waals surface area contributed by atoms with Gasteiger partial charge in [0.1, 0.15) is 17.8 Å². The Morgan fingerprint density at radius 1 is 1.60 bits per heavy atom. The Morgan fingerprint density at radius 3 is 2.80 bits per heavy atom. The minimum atomic E-state index is -1.13. The van der Waals surface area contributed by atoms with E-state index < -0.39 is 5.67 Å². The quantitative estimate of drug-likeness (QED) is 0.794. The van der Waals surface area contributed by atoms with Crippen LogP contribution < -0.4 is 5.73 Å². The fourth-order valence-corrected chi connectivity index (χ4v) is 2.10. The van der Waals surface area contributed by atoms with Crippen molar-refractivity contribution in [3.63, 3.8) is 0 Å². The van der Waals surface area contributed by atoms with Gasteiger partial charge in [-0.3, -0.25) is 4.68 Å². The molecule has 1 fully saturated rings. The molecule has 2 N–H and O–H groups in total. The third kappa shape index (κ3) is 2.34. The van der Waals surface area contributed by atoms with Gasteiger partial charge in [0.2, 0.25) is 0 Å². The van der Waals surface area contributed by atoms with E-state index in [-0.39, 0.29) is 6.04 Å². The maximum Gasteiger partial charge on any atom is 0.138 e. The molecule has 1 aromatic rings. The lowest BCUT2D eigenvalue weighted by molar-refractivity contribution is 0.0960. The van der Waals surface area contributed by atoms with Crippen molar-refractivity contribution in [1.82, 2.24) is 14.8 Å². The monoisotopic (exact) mass is 212 g/mol. The van der Waals surface area contributed by atoms with Crippen molar-refractivity contribution in [3.8, 4) is 0 Å². The predicted octanol–water partition coefficient (Wildman–Crippen LogP) is 0.967. The van der Waals surface area contributed by atoms with Gasteiger partial charge in [0, 0.05) is 19.5 Å². The Bertz CT molecular complexity index is 328. The average molecular weight is 212 g/mol. The second kappa shape index (κ2) is 3.89. The van der Waals surface area contributed by atoms with Crippen molar-refractivity contribution in [1.29, 1.82) is 0 Å². The summed E-state index contributed by atoms with van der Waals surface area (Å²) in [4.78, 5) is 4.05. The maximum atomic E-state index is 14.4. The Labute approximate surface area is 88.7 Å². The minimum absolute atomic E-state index is 0.174. The van der Waals surface area contributed by atoms with Gasteiger partial charge in [-0.2, -0.15) is 5.10 Å². The van der Waals surface area contributed by atoms with Crippen LogP contribution in [0.25, 0.3) is 0 Å². The first-order valence-corrected chi connectivity index (χ1v) is 5.36. The molecule has 2 rings (SSSR count). The van der Waals surface area contributed by atoms with Crippen LogP contribution in [0.4, 0.5) is 4.39 Å². The molecule has 5 heteroatoms. The molecule has 4 nitrogen and oxygen atoms in total. The van der Waals surface area contributed by atoms with Crippen molar-refractivity contribution in [3.05, 3.63) is 12.2 Å². The highest BCUT2D eigenvalue weighted by molar-refractivity contribution is 4.97. The second-order valence-corrected chi connectivity index (χ2v) is 4.46. The lowest BCUT2D eigenvalue weighted by Gasteiger charge is -2.31. The SMILES string of the molecule is Cn1ncnc1CC1(F)CCC(N)CC1. The van der Waals surface area contributed by atoms with Crippen LogP contribution in [-0.4, -0.2) is 26.5 Å². The maximum absolute atomic E-state index is 14.4. The molecule has 1 aromatic heterocycles. The molecule has 15 heavy (non-hydrogen) atoms. The first kappa shape index (κ1) is 10.5. The van der Waals surface area contributed by atoms with E-state index in [1.54, 1.807) is 11.7 Å². The van der Waals surface area contributed by atoms with E-state index in [4.69, 9.17) is 5.73 Å². The number of halogens is 1. The fraction of sp³-hybridized carbons (Fsp3) is 0.800. The van der Waals surface area contributed by atoms with E-state index in [2.05, 4.69) is 10.1 Å². The van der Waals surface area contributed by atoms with E-state index in [1.807, 2.05) is 0 Å². The van der Waals surface area contributed by atoms with Crippen LogP contribution in [-0.2, 0) is 13.5 Å². The van der Waals surface area contributed by atoms with Gasteiger partial charge in [-0.25, -0.2) is 9.37 Å². The number of rotatable bonds is 2. The van der Waals surface area contributed by atoms with Crippen molar-refractivity contribution in [2.24, 2.45) is 12.8 Å². The zero-order valence-electron chi connectivity index (χ0n) is 8.99. The summed E-state index contributed by atoms with van der Waals surface area (Å²) in [6.45, 7) is 0. The summed E-state index contributed by atoms with van der Waals surface area (Å²) in [6.07, 6.45) is 4.45. The van der Waals surface area contributed by atoms with Gasteiger partial charge in [-0.15, -0.1) is 0 Å². The molecule has 0 aliphatic heterocycles. The number of alkyl halides is 1. The molecule has 1 aliphatic carbocycles. The number of aromatic nitrogens is 3. The van der Waals surface area contributed by atoms with Crippen molar-refractivity contribution in [2.75, 3.05) is 0 Å². The van der Waals surface area contributed by atoms with E-state index >= 15 is 0 Å². The summed E-state index contributed by atoms with van der Waals surface area (Å²) in [5.41, 5.74) is 4.63. The third-order valence-electron chi connectivity index (χ3n) is 3.21. The topological polar surface area (TPSA) is 56.7 Å². The van der Waals surface area contributed by atoms with Crippen molar-refractivity contribution >= 4 is 0 Å². The van der Waals surface area contributed by atoms with Gasteiger partial charge in [-0.05, 0) is 25.7 Å². The van der Waals surface area contributed by atoms with Crippen LogP contribution in [0.15, 0.2) is 6.33 Å². The first-order chi connectivity index (χ1) is 7.09. The standard InChI is InChI=1S/C10H17FN4/c1-15-9(13-7-14-15)6-10(11)4-2-8(12)3-5-10/h7-8H,2-6,12H2,1H3. The molecule has 1 heterocycles. The van der Waals surface area contributed by atoms with Crippen LogP contribution in [0.2, 0.25) is 0 Å². The summed E-state index contributed by atoms with van der Waals surface area (Å²) < 4.78 is 16.0. The third-order valence-corrected chi connectivity index (χ3v) is 3.21. The fourth-order valence-electron chi connectivity index (χ4n) is 2.10. The summed E-state index contributed by atoms with van der Waals surface area (Å²) in [5.74, 6) is 0.716. The van der Waals surface area contributed by atoms with Gasteiger partial charge in [0.25, 0.3) is 0 Å². The molecule has 0 spiro atoms. The lowest BCUT2D eigenvalue weighted by atomic mass is 9.81. The van der Waals surface area contributed by atoms with Crippen LogP contribution in [0, 0.1) is 0 Å². The molecule has 0 saturated heterocycles. The van der Waals surface area contributed by atoms with E-state index in [9.17, 15) is 4.39 Å². The lowest BCUT2D eigenvalue weighted by Crippen LogP contribution is -2.37. The predicted molar refractivity (Wildman–Crippen MR) is 55.0 cm³/mol. The zero-order chi connectivity index (χ0) is 10.9. The molecule has 0 atom stereocenters. The Kier molecular flexibility index (Phi) is 2.73. The van der Waals surface area contributed by atoms with Gasteiger partial charge in [0.15, 0.2) is 0 Å². The van der Waals surface area contributed by atoms with E-state index in [0.29, 0.717) is 25.1 Å². The zero-order valence-corrected chi connectivity index (χ0v) is 8.99. The van der Waals surface area contributed by atoms with Crippen LogP contribution in [0.1, 0.15) is 31.5 Å². The molecule has 84 valence electrons. The molecule has 0 bridgehead atoms. The van der Waals surface area contributed by atoms with Crippen LogP contribution in [0.5, 0.6) is 0 Å². The largest absolute Gasteiger partial charge is 0.328 e. The average Bonchev–Trinajstić information content (AvgIpc) is 2.58. The Hall–Kier alpha value is -0.970. The summed E-state index contributed by atoms with van der Waals surface area (Å²) in [7, 11) is 1.79.